The molecule has 3 heterocycles. The minimum atomic E-state index is -0.429. The summed E-state index contributed by atoms with van der Waals surface area (Å²) in [7, 11) is 0. The molecule has 1 aliphatic rings. The van der Waals surface area contributed by atoms with Crippen LogP contribution in [-0.2, 0) is 11.3 Å². The summed E-state index contributed by atoms with van der Waals surface area (Å²) in [5.41, 5.74) is 1.87. The molecule has 1 atom stereocenters. The topological polar surface area (TPSA) is 96.7 Å². The number of nitrogens with zero attached hydrogens (tertiary/aromatic N) is 4. The molecule has 0 radical (unpaired) electrons. The first-order valence-corrected chi connectivity index (χ1v) is 7.88. The minimum Gasteiger partial charge on any atom is -0.361 e. The number of amides is 1. The van der Waals surface area contributed by atoms with E-state index in [0.29, 0.717) is 23.0 Å². The molecule has 0 spiro atoms. The van der Waals surface area contributed by atoms with Crippen LogP contribution in [0.4, 0.5) is 5.82 Å². The molecule has 0 saturated heterocycles. The van der Waals surface area contributed by atoms with Gasteiger partial charge in [-0.2, -0.15) is 5.26 Å². The molecule has 0 unspecified atom stereocenters. The monoisotopic (exact) mass is 317 g/mol. The molecule has 1 N–H and O–H groups in total. The van der Waals surface area contributed by atoms with Crippen molar-refractivity contribution in [1.82, 2.24) is 14.7 Å². The molecule has 3 rings (SSSR count). The van der Waals surface area contributed by atoms with Crippen molar-refractivity contribution in [1.29, 1.82) is 5.26 Å². The van der Waals surface area contributed by atoms with Crippen LogP contribution in [0.2, 0.25) is 0 Å². The van der Waals surface area contributed by atoms with Crippen LogP contribution in [0.25, 0.3) is 0 Å². The first-order chi connectivity index (χ1) is 10.5. The molecule has 114 valence electrons. The highest BCUT2D eigenvalue weighted by molar-refractivity contribution is 7.99. The SMILES string of the molecule is Cc1noc(C)c1[C@@H](C)C(=O)Nc1nc2n(c1C#N)CCS2. The van der Waals surface area contributed by atoms with E-state index in [-0.39, 0.29) is 5.91 Å². The molecular formula is C14H15N5O2S. The van der Waals surface area contributed by atoms with Gasteiger partial charge in [0.1, 0.15) is 11.8 Å². The Hall–Kier alpha value is -2.27. The fourth-order valence-electron chi connectivity index (χ4n) is 2.64. The fourth-order valence-corrected chi connectivity index (χ4v) is 3.59. The maximum absolute atomic E-state index is 12.5. The van der Waals surface area contributed by atoms with Gasteiger partial charge in [0.25, 0.3) is 0 Å². The standard InChI is InChI=1S/C14H15N5O2S/c1-7(11-8(2)18-21-9(11)3)13(20)16-12-10(6-15)19-4-5-22-14(19)17-12/h7H,4-5H2,1-3H3,(H,16,20)/t7-/m1/s1. The van der Waals surface area contributed by atoms with Crippen molar-refractivity contribution in [3.63, 3.8) is 0 Å². The number of rotatable bonds is 3. The molecule has 7 nitrogen and oxygen atoms in total. The van der Waals surface area contributed by atoms with Crippen LogP contribution in [0.3, 0.4) is 0 Å². The molecule has 2 aromatic heterocycles. The normalized spacial score (nSPS) is 14.5. The highest BCUT2D eigenvalue weighted by Crippen LogP contribution is 2.31. The average molecular weight is 317 g/mol. The predicted octanol–water partition coefficient (Wildman–Crippen LogP) is 2.21. The summed E-state index contributed by atoms with van der Waals surface area (Å²) < 4.78 is 6.94. The number of carbonyl (C=O) groups is 1. The zero-order valence-electron chi connectivity index (χ0n) is 12.5. The smallest absolute Gasteiger partial charge is 0.233 e. The quantitative estimate of drug-likeness (QED) is 0.932. The third-order valence-corrected chi connectivity index (χ3v) is 4.70. The van der Waals surface area contributed by atoms with Gasteiger partial charge < -0.3 is 14.4 Å². The van der Waals surface area contributed by atoms with Crippen molar-refractivity contribution in [3.05, 3.63) is 22.7 Å². The third-order valence-electron chi connectivity index (χ3n) is 3.74. The molecule has 0 saturated carbocycles. The van der Waals surface area contributed by atoms with Crippen molar-refractivity contribution in [2.75, 3.05) is 11.1 Å². The number of nitrogens with one attached hydrogen (secondary N) is 1. The molecule has 0 fully saturated rings. The lowest BCUT2D eigenvalue weighted by molar-refractivity contribution is -0.117. The van der Waals surface area contributed by atoms with Crippen molar-refractivity contribution in [3.8, 4) is 6.07 Å². The lowest BCUT2D eigenvalue weighted by atomic mass is 9.99. The molecule has 8 heteroatoms. The predicted molar refractivity (Wildman–Crippen MR) is 80.7 cm³/mol. The van der Waals surface area contributed by atoms with Gasteiger partial charge in [0.05, 0.1) is 11.6 Å². The van der Waals surface area contributed by atoms with Gasteiger partial charge in [-0.3, -0.25) is 4.79 Å². The number of hydrogen-bond donors (Lipinski definition) is 1. The Morgan fingerprint density at radius 3 is 2.95 bits per heavy atom. The summed E-state index contributed by atoms with van der Waals surface area (Å²) in [6.45, 7) is 6.11. The van der Waals surface area contributed by atoms with E-state index in [2.05, 4.69) is 21.5 Å². The van der Waals surface area contributed by atoms with E-state index >= 15 is 0 Å². The summed E-state index contributed by atoms with van der Waals surface area (Å²) in [6.07, 6.45) is 0. The first kappa shape index (κ1) is 14.7. The molecule has 0 aromatic carbocycles. The lowest BCUT2D eigenvalue weighted by Crippen LogP contribution is -2.20. The van der Waals surface area contributed by atoms with E-state index in [4.69, 9.17) is 4.52 Å². The van der Waals surface area contributed by atoms with Crippen molar-refractivity contribution >= 4 is 23.5 Å². The highest BCUT2D eigenvalue weighted by Gasteiger charge is 2.27. The molecular weight excluding hydrogens is 302 g/mol. The minimum absolute atomic E-state index is 0.229. The number of nitriles is 1. The summed E-state index contributed by atoms with van der Waals surface area (Å²) in [6, 6.07) is 2.12. The molecule has 2 aromatic rings. The van der Waals surface area contributed by atoms with E-state index in [9.17, 15) is 10.1 Å². The number of anilines is 1. The van der Waals surface area contributed by atoms with Gasteiger partial charge in [0.2, 0.25) is 5.91 Å². The Balaban J connectivity index is 1.85. The number of thioether (sulfide) groups is 1. The number of carbonyl (C=O) groups excluding carboxylic acids is 1. The average Bonchev–Trinajstić information content (AvgIpc) is 3.13. The first-order valence-electron chi connectivity index (χ1n) is 6.90. The van der Waals surface area contributed by atoms with Crippen LogP contribution in [0.15, 0.2) is 9.68 Å². The zero-order chi connectivity index (χ0) is 15.9. The second kappa shape index (κ2) is 5.50. The largest absolute Gasteiger partial charge is 0.361 e. The number of fused-ring (bicyclic) bond motifs is 1. The summed E-state index contributed by atoms with van der Waals surface area (Å²) in [5, 5.41) is 16.7. The van der Waals surface area contributed by atoms with Crippen LogP contribution >= 0.6 is 11.8 Å². The van der Waals surface area contributed by atoms with Gasteiger partial charge in [0.15, 0.2) is 16.7 Å². The second-order valence-electron chi connectivity index (χ2n) is 5.15. The molecule has 0 aliphatic carbocycles. The maximum atomic E-state index is 12.5. The summed E-state index contributed by atoms with van der Waals surface area (Å²) in [4.78, 5) is 16.8. The Kier molecular flexibility index (Phi) is 3.66. The lowest BCUT2D eigenvalue weighted by Gasteiger charge is -2.11. The number of imidazole rings is 1. The maximum Gasteiger partial charge on any atom is 0.233 e. The highest BCUT2D eigenvalue weighted by atomic mass is 32.2. The van der Waals surface area contributed by atoms with E-state index in [1.807, 2.05) is 4.57 Å². The molecule has 1 amide bonds. The van der Waals surface area contributed by atoms with Gasteiger partial charge in [-0.25, -0.2) is 4.98 Å². The van der Waals surface area contributed by atoms with E-state index in [1.165, 1.54) is 0 Å². The van der Waals surface area contributed by atoms with E-state index in [0.717, 1.165) is 23.0 Å². The summed E-state index contributed by atoms with van der Waals surface area (Å²) in [5.74, 6) is 1.20. The van der Waals surface area contributed by atoms with Gasteiger partial charge in [-0.15, -0.1) is 0 Å². The zero-order valence-corrected chi connectivity index (χ0v) is 13.3. The van der Waals surface area contributed by atoms with Gasteiger partial charge in [-0.1, -0.05) is 16.9 Å². The van der Waals surface area contributed by atoms with Gasteiger partial charge >= 0.3 is 0 Å². The molecule has 22 heavy (non-hydrogen) atoms. The molecule has 1 aliphatic heterocycles. The van der Waals surface area contributed by atoms with Crippen LogP contribution in [-0.4, -0.2) is 26.4 Å². The van der Waals surface area contributed by atoms with Crippen LogP contribution < -0.4 is 5.32 Å². The Labute approximate surface area is 131 Å². The van der Waals surface area contributed by atoms with Gasteiger partial charge in [-0.05, 0) is 20.8 Å². The van der Waals surface area contributed by atoms with Crippen molar-refractivity contribution in [2.24, 2.45) is 0 Å². The van der Waals surface area contributed by atoms with Crippen LogP contribution in [0.1, 0.15) is 35.6 Å². The Bertz CT molecular complexity index is 766. The Morgan fingerprint density at radius 2 is 2.32 bits per heavy atom. The van der Waals surface area contributed by atoms with Crippen molar-refractivity contribution in [2.45, 2.75) is 38.4 Å². The van der Waals surface area contributed by atoms with Crippen LogP contribution in [0.5, 0.6) is 0 Å². The number of hydrogen-bond acceptors (Lipinski definition) is 6. The molecule has 0 bridgehead atoms. The van der Waals surface area contributed by atoms with Crippen molar-refractivity contribution < 1.29 is 9.32 Å². The number of aromatic nitrogens is 3. The van der Waals surface area contributed by atoms with Crippen LogP contribution in [0, 0.1) is 25.2 Å². The fraction of sp³-hybridized carbons (Fsp3) is 0.429. The van der Waals surface area contributed by atoms with E-state index in [1.54, 1.807) is 32.5 Å². The van der Waals surface area contributed by atoms with Gasteiger partial charge in [0, 0.05) is 17.9 Å². The Morgan fingerprint density at radius 1 is 1.55 bits per heavy atom. The summed E-state index contributed by atoms with van der Waals surface area (Å²) >= 11 is 1.58. The van der Waals surface area contributed by atoms with E-state index < -0.39 is 5.92 Å². The second-order valence-corrected chi connectivity index (χ2v) is 6.21. The number of aryl methyl sites for hydroxylation is 2. The third kappa shape index (κ3) is 2.27.